The third-order valence-electron chi connectivity index (χ3n) is 8.30. The van der Waals surface area contributed by atoms with Crippen LogP contribution >= 0.6 is 11.6 Å². The van der Waals surface area contributed by atoms with Gasteiger partial charge in [0.2, 0.25) is 18.2 Å². The Morgan fingerprint density at radius 3 is 2.45 bits per heavy atom. The molecule has 2 aromatic rings. The van der Waals surface area contributed by atoms with Gasteiger partial charge in [0.1, 0.15) is 17.9 Å². The molecule has 0 aromatic heterocycles. The monoisotopic (exact) mass is 698 g/mol. The van der Waals surface area contributed by atoms with Gasteiger partial charge in [0.25, 0.3) is 5.91 Å². The molecule has 2 fully saturated rings. The number of rotatable bonds is 13. The Morgan fingerprint density at radius 1 is 1.16 bits per heavy atom. The molecular weight excluding hydrogens is 665 g/mol. The van der Waals surface area contributed by atoms with E-state index < -0.39 is 41.0 Å². The van der Waals surface area contributed by atoms with E-state index in [-0.39, 0.29) is 35.0 Å². The van der Waals surface area contributed by atoms with Crippen LogP contribution in [0.5, 0.6) is 0 Å². The zero-order chi connectivity index (χ0) is 35.9. The average molecular weight is 699 g/mol. The maximum atomic E-state index is 13.4. The van der Waals surface area contributed by atoms with Crippen LogP contribution in [0.2, 0.25) is 5.02 Å². The van der Waals surface area contributed by atoms with Gasteiger partial charge in [-0.2, -0.15) is 13.2 Å². The number of aldehydes is 1. The van der Waals surface area contributed by atoms with Crippen molar-refractivity contribution in [3.8, 4) is 11.8 Å². The Morgan fingerprint density at radius 2 is 1.88 bits per heavy atom. The highest BCUT2D eigenvalue weighted by atomic mass is 35.5. The van der Waals surface area contributed by atoms with Crippen molar-refractivity contribution in [2.75, 3.05) is 30.4 Å². The zero-order valence-corrected chi connectivity index (χ0v) is 27.4. The van der Waals surface area contributed by atoms with Gasteiger partial charge >= 0.3 is 6.18 Å². The van der Waals surface area contributed by atoms with E-state index >= 15 is 0 Å². The summed E-state index contributed by atoms with van der Waals surface area (Å²) in [5.74, 6) is 4.24. The number of anilines is 2. The first kappa shape index (κ1) is 36.7. The predicted molar refractivity (Wildman–Crippen MR) is 177 cm³/mol. The molecule has 2 aromatic carbocycles. The second-order valence-electron chi connectivity index (χ2n) is 11.7. The average Bonchev–Trinajstić information content (AvgIpc) is 3.85. The quantitative estimate of drug-likeness (QED) is 0.140. The molecule has 0 spiro atoms. The number of hydrogen-bond acceptors (Lipinski definition) is 8. The molecule has 0 radical (unpaired) electrons. The molecule has 2 aliphatic rings. The first-order chi connectivity index (χ1) is 23.3. The number of benzene rings is 2. The summed E-state index contributed by atoms with van der Waals surface area (Å²) in [6.45, 7) is 2.74. The maximum absolute atomic E-state index is 13.4. The third kappa shape index (κ3) is 8.66. The van der Waals surface area contributed by atoms with E-state index in [0.29, 0.717) is 55.5 Å². The fraction of sp³-hybridized carbons (Fsp3) is 0.353. The summed E-state index contributed by atoms with van der Waals surface area (Å²) in [6, 6.07) is 6.75. The number of aryl methyl sites for hydroxylation is 1. The Balaban J connectivity index is 1.37. The smallest absolute Gasteiger partial charge is 0.376 e. The number of halogens is 4. The lowest BCUT2D eigenvalue weighted by Crippen LogP contribution is -2.48. The number of allylic oxidation sites excluding steroid dienone is 1. The number of amides is 4. The Bertz CT molecular complexity index is 1740. The summed E-state index contributed by atoms with van der Waals surface area (Å²) in [4.78, 5) is 64.3. The molecule has 1 saturated heterocycles. The molecule has 1 aliphatic carbocycles. The lowest BCUT2D eigenvalue weighted by Gasteiger charge is -2.38. The van der Waals surface area contributed by atoms with Crippen LogP contribution in [0.3, 0.4) is 0 Å². The second-order valence-corrected chi connectivity index (χ2v) is 12.1. The van der Waals surface area contributed by atoms with Gasteiger partial charge in [0.05, 0.1) is 27.8 Å². The van der Waals surface area contributed by atoms with E-state index in [9.17, 15) is 37.1 Å². The molecule has 11 nitrogen and oxygen atoms in total. The molecule has 1 heterocycles. The minimum Gasteiger partial charge on any atom is -0.376 e. The Hall–Kier alpha value is -5.16. The summed E-state index contributed by atoms with van der Waals surface area (Å²) in [5, 5.41) is 15.5. The first-order valence-electron chi connectivity index (χ1n) is 15.2. The number of imide groups is 1. The number of nitrogens with zero attached hydrogens (tertiary/aromatic N) is 2. The van der Waals surface area contributed by atoms with Crippen molar-refractivity contribution in [3.05, 3.63) is 69.9 Å². The minimum absolute atomic E-state index is 0.00666. The molecule has 4 amide bonds. The van der Waals surface area contributed by atoms with Crippen molar-refractivity contribution in [1.82, 2.24) is 15.5 Å². The number of nitrogens with one attached hydrogen (secondary N) is 4. The molecule has 1 saturated carbocycles. The Labute approximate surface area is 285 Å². The second kappa shape index (κ2) is 15.4. The van der Waals surface area contributed by atoms with Crippen LogP contribution in [0.1, 0.15) is 47.2 Å². The summed E-state index contributed by atoms with van der Waals surface area (Å²) in [7, 11) is 1.38. The molecule has 1 atom stereocenters. The van der Waals surface area contributed by atoms with E-state index in [1.807, 2.05) is 11.0 Å². The third-order valence-corrected chi connectivity index (χ3v) is 8.61. The first-order valence-corrected chi connectivity index (χ1v) is 15.6. The SMILES string of the molecule is CNC(=O)C(CCC=O)N(C=O)C(=O)c1cc(N2CC(C#C/C(C=N)=C/NC3(C(=O)Nc4ccc(C(F)(F)F)cc4Cl)CC3)C2)ccc1C. The molecule has 15 heteroatoms. The van der Waals surface area contributed by atoms with Crippen molar-refractivity contribution < 1.29 is 37.1 Å². The normalized spacial score (nSPS) is 15.8. The van der Waals surface area contributed by atoms with Crippen LogP contribution in [-0.4, -0.2) is 73.3 Å². The minimum atomic E-state index is -4.57. The number of carbonyl (C=O) groups excluding carboxylic acids is 5. The van der Waals surface area contributed by atoms with Gasteiger partial charge in [-0.15, -0.1) is 0 Å². The molecule has 4 rings (SSSR count). The van der Waals surface area contributed by atoms with Crippen molar-refractivity contribution in [2.24, 2.45) is 5.92 Å². The predicted octanol–water partition coefficient (Wildman–Crippen LogP) is 4.09. The van der Waals surface area contributed by atoms with E-state index in [1.54, 1.807) is 19.1 Å². The van der Waals surface area contributed by atoms with Gasteiger partial charge in [0, 0.05) is 50.2 Å². The van der Waals surface area contributed by atoms with Gasteiger partial charge in [-0.3, -0.25) is 24.1 Å². The topological polar surface area (TPSA) is 152 Å². The van der Waals surface area contributed by atoms with Gasteiger partial charge in [-0.05, 0) is 62.1 Å². The summed E-state index contributed by atoms with van der Waals surface area (Å²) >= 11 is 5.98. The largest absolute Gasteiger partial charge is 0.416 e. The number of hydrogen-bond donors (Lipinski definition) is 4. The van der Waals surface area contributed by atoms with Crippen LogP contribution in [-0.2, 0) is 25.4 Å². The highest BCUT2D eigenvalue weighted by Crippen LogP contribution is 2.39. The number of carbonyl (C=O) groups is 5. The van der Waals surface area contributed by atoms with E-state index in [1.165, 1.54) is 13.2 Å². The molecule has 49 heavy (non-hydrogen) atoms. The van der Waals surface area contributed by atoms with Crippen LogP contribution in [0.15, 0.2) is 48.2 Å². The number of likely N-dealkylation sites (N-methyl/N-ethyl adjacent to an activating group) is 1. The lowest BCUT2D eigenvalue weighted by atomic mass is 9.97. The summed E-state index contributed by atoms with van der Waals surface area (Å²) in [6.07, 6.45) is -0.262. The molecular formula is C34H34ClF3N6O5. The molecule has 1 unspecified atom stereocenters. The van der Waals surface area contributed by atoms with Gasteiger partial charge in [0.15, 0.2) is 0 Å². The summed E-state index contributed by atoms with van der Waals surface area (Å²) in [5.41, 5.74) is -0.0401. The standard InChI is InChI=1S/C34H34ClF3N6O5/c1-21-5-9-25(15-26(21)31(48)44(20-46)29(4-3-13-45)30(47)40-2)43-18-23(19-43)7-6-22(16-39)17-41-33(11-12-33)32(49)42-28-10-8-24(14-27(28)35)34(36,37)38/h5,8-10,13-17,20,23,29,39,41H,3-4,11-12,18-19H2,1-2H3,(H,40,47)(H,42,49)/b22-17-,39-16?. The molecule has 4 N–H and O–H groups in total. The molecule has 0 bridgehead atoms. The van der Waals surface area contributed by atoms with Crippen LogP contribution in [0, 0.1) is 30.1 Å². The van der Waals surface area contributed by atoms with Gasteiger partial charge in [-0.25, -0.2) is 0 Å². The van der Waals surface area contributed by atoms with Crippen molar-refractivity contribution in [3.63, 3.8) is 0 Å². The van der Waals surface area contributed by atoms with E-state index in [2.05, 4.69) is 27.8 Å². The Kier molecular flexibility index (Phi) is 11.5. The highest BCUT2D eigenvalue weighted by Gasteiger charge is 2.49. The highest BCUT2D eigenvalue weighted by molar-refractivity contribution is 6.34. The van der Waals surface area contributed by atoms with Crippen molar-refractivity contribution in [1.29, 1.82) is 5.41 Å². The van der Waals surface area contributed by atoms with Gasteiger partial charge < -0.3 is 31.1 Å². The summed E-state index contributed by atoms with van der Waals surface area (Å²) < 4.78 is 38.8. The van der Waals surface area contributed by atoms with Gasteiger partial charge in [-0.1, -0.05) is 29.5 Å². The van der Waals surface area contributed by atoms with E-state index in [4.69, 9.17) is 17.0 Å². The lowest BCUT2D eigenvalue weighted by molar-refractivity contribution is -0.137. The van der Waals surface area contributed by atoms with Crippen LogP contribution in [0.25, 0.3) is 0 Å². The van der Waals surface area contributed by atoms with Crippen LogP contribution in [0.4, 0.5) is 24.5 Å². The van der Waals surface area contributed by atoms with E-state index in [0.717, 1.165) is 29.3 Å². The fourth-order valence-corrected chi connectivity index (χ4v) is 5.35. The van der Waals surface area contributed by atoms with Crippen molar-refractivity contribution >= 4 is 59.6 Å². The maximum Gasteiger partial charge on any atom is 0.416 e. The zero-order valence-electron chi connectivity index (χ0n) is 26.6. The van der Waals surface area contributed by atoms with Crippen LogP contribution < -0.4 is 20.9 Å². The van der Waals surface area contributed by atoms with Crippen molar-refractivity contribution in [2.45, 2.75) is 50.4 Å². The molecule has 258 valence electrons. The molecule has 1 aliphatic heterocycles. The fourth-order valence-electron chi connectivity index (χ4n) is 5.12. The number of alkyl halides is 3.